The zero-order chi connectivity index (χ0) is 23.1. The number of benzene rings is 1. The first-order valence-electron chi connectivity index (χ1n) is 10.4. The number of ether oxygens (including phenoxy) is 3. The number of nitrogens with two attached hydrogens (primary N) is 1. The summed E-state index contributed by atoms with van der Waals surface area (Å²) in [6.45, 7) is 12.9. The van der Waals surface area contributed by atoms with Crippen LogP contribution in [0.4, 0.5) is 4.79 Å². The van der Waals surface area contributed by atoms with E-state index >= 15 is 0 Å². The van der Waals surface area contributed by atoms with Gasteiger partial charge >= 0.3 is 6.09 Å². The van der Waals surface area contributed by atoms with Crippen LogP contribution in [-0.2, 0) is 20.8 Å². The van der Waals surface area contributed by atoms with Crippen molar-refractivity contribution in [2.75, 3.05) is 19.8 Å². The highest BCUT2D eigenvalue weighted by Crippen LogP contribution is 2.07. The number of nitrogens with zero attached hydrogens (tertiary/aromatic N) is 1. The number of hydrogen-bond acceptors (Lipinski definition) is 6. The van der Waals surface area contributed by atoms with Crippen molar-refractivity contribution in [1.82, 2.24) is 10.6 Å². The maximum absolute atomic E-state index is 11.8. The molecule has 31 heavy (non-hydrogen) atoms. The number of amides is 1. The van der Waals surface area contributed by atoms with Gasteiger partial charge in [-0.1, -0.05) is 50.3 Å². The molecule has 0 heterocycles. The maximum atomic E-state index is 11.8. The Labute approximate surface area is 185 Å². The van der Waals surface area contributed by atoms with Gasteiger partial charge in [0.2, 0.25) is 0 Å². The molecule has 0 atom stereocenters. The van der Waals surface area contributed by atoms with Crippen molar-refractivity contribution in [2.45, 2.75) is 52.7 Å². The number of carbonyl (C=O) groups is 1. The largest absolute Gasteiger partial charge is 0.486 e. The lowest BCUT2D eigenvalue weighted by Crippen LogP contribution is -2.35. The number of unbranched alkanes of at least 4 members (excludes halogenated alkanes) is 1. The second kappa shape index (κ2) is 14.1. The van der Waals surface area contributed by atoms with Crippen molar-refractivity contribution in [3.05, 3.63) is 60.3 Å². The van der Waals surface area contributed by atoms with Gasteiger partial charge in [-0.2, -0.15) is 0 Å². The van der Waals surface area contributed by atoms with Crippen LogP contribution >= 0.6 is 0 Å². The van der Waals surface area contributed by atoms with Gasteiger partial charge in [0.1, 0.15) is 18.0 Å². The molecular weight excluding hydrogens is 396 g/mol. The van der Waals surface area contributed by atoms with E-state index in [4.69, 9.17) is 19.9 Å². The number of amidine groups is 1. The highest BCUT2D eigenvalue weighted by atomic mass is 16.6. The molecule has 1 amide bonds. The number of nitrogens with one attached hydrogen (secondary N) is 2. The molecule has 0 aliphatic rings. The van der Waals surface area contributed by atoms with E-state index in [-0.39, 0.29) is 18.3 Å². The monoisotopic (exact) mass is 432 g/mol. The zero-order valence-electron chi connectivity index (χ0n) is 19.1. The Hall–Kier alpha value is -3.00. The lowest BCUT2D eigenvalue weighted by Gasteiger charge is -2.20. The van der Waals surface area contributed by atoms with Crippen LogP contribution in [0.15, 0.2) is 59.7 Å². The summed E-state index contributed by atoms with van der Waals surface area (Å²) in [5.41, 5.74) is 6.55. The van der Waals surface area contributed by atoms with E-state index in [9.17, 15) is 4.79 Å². The first kappa shape index (κ1) is 26.0. The second-order valence-corrected chi connectivity index (χ2v) is 7.77. The first-order chi connectivity index (χ1) is 14.7. The Balaban J connectivity index is 2.58. The van der Waals surface area contributed by atoms with Gasteiger partial charge in [0.05, 0.1) is 13.2 Å². The second-order valence-electron chi connectivity index (χ2n) is 7.77. The number of hydrogen-bond donors (Lipinski definition) is 3. The minimum absolute atomic E-state index is 0.219. The number of aliphatic imine (C=N–C) groups is 1. The molecule has 0 saturated carbocycles. The molecule has 0 aliphatic carbocycles. The van der Waals surface area contributed by atoms with E-state index in [1.807, 2.05) is 30.3 Å². The van der Waals surface area contributed by atoms with Crippen molar-refractivity contribution in [2.24, 2.45) is 10.7 Å². The highest BCUT2D eigenvalue weighted by Gasteiger charge is 2.16. The van der Waals surface area contributed by atoms with E-state index in [1.54, 1.807) is 20.8 Å². The molecule has 0 saturated heterocycles. The van der Waals surface area contributed by atoms with Crippen LogP contribution in [0.25, 0.3) is 0 Å². The van der Waals surface area contributed by atoms with Crippen molar-refractivity contribution in [3.8, 4) is 0 Å². The smallest absolute Gasteiger partial charge is 0.413 e. The molecule has 8 heteroatoms. The molecule has 172 valence electrons. The van der Waals surface area contributed by atoms with Crippen LogP contribution in [0, 0.1) is 0 Å². The van der Waals surface area contributed by atoms with Crippen molar-refractivity contribution >= 4 is 11.9 Å². The molecule has 0 fully saturated rings. The third-order valence-electron chi connectivity index (χ3n) is 3.67. The number of alkyl carbamates (subject to hydrolysis) is 1. The Bertz CT molecular complexity index is 740. The van der Waals surface area contributed by atoms with Crippen molar-refractivity contribution in [1.29, 1.82) is 0 Å². The lowest BCUT2D eigenvalue weighted by atomic mass is 10.2. The minimum atomic E-state index is -0.611. The molecule has 0 bridgehead atoms. The molecular formula is C23H36N4O4. The third kappa shape index (κ3) is 13.0. The summed E-state index contributed by atoms with van der Waals surface area (Å²) in [4.78, 5) is 16.2. The van der Waals surface area contributed by atoms with Crippen LogP contribution < -0.4 is 16.4 Å². The van der Waals surface area contributed by atoms with E-state index in [0.29, 0.717) is 25.5 Å². The summed E-state index contributed by atoms with van der Waals surface area (Å²) >= 11 is 0. The van der Waals surface area contributed by atoms with Crippen LogP contribution in [0.1, 0.15) is 46.1 Å². The van der Waals surface area contributed by atoms with Gasteiger partial charge in [-0.3, -0.25) is 10.3 Å². The van der Waals surface area contributed by atoms with E-state index in [0.717, 1.165) is 18.4 Å². The van der Waals surface area contributed by atoms with Crippen molar-refractivity contribution < 1.29 is 19.0 Å². The van der Waals surface area contributed by atoms with E-state index in [1.165, 1.54) is 6.20 Å². The average molecular weight is 433 g/mol. The SMILES string of the molecule is C=C(NC=C(OCCOCc1ccccc1)C(N)=NCCCC)NC(=O)OC(C)(C)C. The average Bonchev–Trinajstić information content (AvgIpc) is 2.69. The Kier molecular flexibility index (Phi) is 11.8. The predicted octanol–water partition coefficient (Wildman–Crippen LogP) is 3.80. The van der Waals surface area contributed by atoms with Gasteiger partial charge < -0.3 is 25.3 Å². The molecule has 0 unspecified atom stereocenters. The third-order valence-corrected chi connectivity index (χ3v) is 3.67. The van der Waals surface area contributed by atoms with Gasteiger partial charge in [-0.15, -0.1) is 0 Å². The fourth-order valence-electron chi connectivity index (χ4n) is 2.22. The van der Waals surface area contributed by atoms with Gasteiger partial charge in [0.15, 0.2) is 11.6 Å². The van der Waals surface area contributed by atoms with Gasteiger partial charge in [0, 0.05) is 12.7 Å². The molecule has 4 N–H and O–H groups in total. The van der Waals surface area contributed by atoms with Crippen molar-refractivity contribution in [3.63, 3.8) is 0 Å². The quantitative estimate of drug-likeness (QED) is 0.189. The zero-order valence-corrected chi connectivity index (χ0v) is 19.1. The fourth-order valence-corrected chi connectivity index (χ4v) is 2.22. The molecule has 1 aromatic carbocycles. The summed E-state index contributed by atoms with van der Waals surface area (Å²) in [6, 6.07) is 9.89. The molecule has 1 aromatic rings. The lowest BCUT2D eigenvalue weighted by molar-refractivity contribution is 0.0543. The maximum Gasteiger partial charge on any atom is 0.413 e. The van der Waals surface area contributed by atoms with Gasteiger partial charge in [0.25, 0.3) is 0 Å². The standard InChI is InChI=1S/C23H36N4O4/c1-6-7-13-25-21(24)20(16-26-18(2)27-22(28)31-23(3,4)5)30-15-14-29-17-19-11-9-8-10-12-19/h8-12,16,26H,2,6-7,13-15,17H2,1,3-5H3,(H2,24,25)(H,27,28). The molecule has 0 aromatic heterocycles. The van der Waals surface area contributed by atoms with Crippen LogP contribution in [0.2, 0.25) is 0 Å². The highest BCUT2D eigenvalue weighted by molar-refractivity contribution is 5.95. The Morgan fingerprint density at radius 3 is 2.58 bits per heavy atom. The molecule has 0 radical (unpaired) electrons. The first-order valence-corrected chi connectivity index (χ1v) is 10.4. The van der Waals surface area contributed by atoms with E-state index in [2.05, 4.69) is 29.1 Å². The van der Waals surface area contributed by atoms with Gasteiger partial charge in [-0.05, 0) is 32.8 Å². The number of carbonyl (C=O) groups excluding carboxylic acids is 1. The van der Waals surface area contributed by atoms with Crippen LogP contribution in [0.5, 0.6) is 0 Å². The predicted molar refractivity (Wildman–Crippen MR) is 123 cm³/mol. The fraction of sp³-hybridized carbons (Fsp3) is 0.478. The molecule has 1 rings (SSSR count). The summed E-state index contributed by atoms with van der Waals surface area (Å²) in [7, 11) is 0. The number of rotatable bonds is 13. The normalized spacial score (nSPS) is 12.3. The molecule has 8 nitrogen and oxygen atoms in total. The van der Waals surface area contributed by atoms with E-state index < -0.39 is 11.7 Å². The minimum Gasteiger partial charge on any atom is -0.486 e. The molecule has 0 spiro atoms. The molecule has 0 aliphatic heterocycles. The summed E-state index contributed by atoms with van der Waals surface area (Å²) in [5, 5.41) is 5.35. The van der Waals surface area contributed by atoms with Crippen LogP contribution in [0.3, 0.4) is 0 Å². The topological polar surface area (TPSA) is 107 Å². The van der Waals surface area contributed by atoms with Crippen LogP contribution in [-0.4, -0.2) is 37.3 Å². The Morgan fingerprint density at radius 1 is 1.23 bits per heavy atom. The summed E-state index contributed by atoms with van der Waals surface area (Å²) in [6.07, 6.45) is 2.83. The Morgan fingerprint density at radius 2 is 1.94 bits per heavy atom. The van der Waals surface area contributed by atoms with Gasteiger partial charge in [-0.25, -0.2) is 4.79 Å². The summed E-state index contributed by atoms with van der Waals surface area (Å²) in [5.74, 6) is 0.817. The summed E-state index contributed by atoms with van der Waals surface area (Å²) < 4.78 is 16.6.